The molecule has 4 amide bonds. The molecule has 0 aromatic heterocycles. The predicted octanol–water partition coefficient (Wildman–Crippen LogP) is -2.97. The molecule has 0 spiro atoms. The van der Waals surface area contributed by atoms with Gasteiger partial charge < -0.3 is 19.3 Å². The fourth-order valence-corrected chi connectivity index (χ4v) is 5.46. The maximum Gasteiger partial charge on any atom is 0.255 e. The van der Waals surface area contributed by atoms with Crippen LogP contribution in [0.1, 0.15) is 45.8 Å². The summed E-state index contributed by atoms with van der Waals surface area (Å²) in [5, 5.41) is 2.33. The summed E-state index contributed by atoms with van der Waals surface area (Å²) in [6.07, 6.45) is 0.534. The topological polar surface area (TPSA) is 105 Å². The van der Waals surface area contributed by atoms with Crippen LogP contribution in [-0.4, -0.2) is 82.8 Å². The Morgan fingerprint density at radius 3 is 2.68 bits per heavy atom. The van der Waals surface area contributed by atoms with E-state index < -0.39 is 11.9 Å². The van der Waals surface area contributed by atoms with E-state index in [0.717, 1.165) is 27.6 Å². The number of ether oxygens (including phenoxy) is 2. The lowest BCUT2D eigenvalue weighted by Gasteiger charge is -2.34. The van der Waals surface area contributed by atoms with Gasteiger partial charge >= 0.3 is 0 Å². The van der Waals surface area contributed by atoms with Gasteiger partial charge in [-0.2, -0.15) is 0 Å². The third kappa shape index (κ3) is 4.66. The number of hydrogen-bond donors (Lipinski definition) is 1. The van der Waals surface area contributed by atoms with Gasteiger partial charge in [0.25, 0.3) is 5.91 Å². The van der Waals surface area contributed by atoms with E-state index in [1.165, 1.54) is 4.90 Å². The van der Waals surface area contributed by atoms with Crippen LogP contribution in [0.25, 0.3) is 0 Å². The Kier molecular flexibility index (Phi) is 6.85. The van der Waals surface area contributed by atoms with E-state index in [2.05, 4.69) is 27.1 Å². The van der Waals surface area contributed by atoms with E-state index in [4.69, 9.17) is 9.47 Å². The van der Waals surface area contributed by atoms with Gasteiger partial charge in [-0.25, -0.2) is 0 Å². The largest absolute Gasteiger partial charge is 0.489 e. The molecule has 0 radical (unpaired) electrons. The standard InChI is InChI=1S/C25H28B3N3O6/c26-21-13(4-5-15(22(21)27)23(28)30-8-9-36-12-20(30)33)11-37-18-3-1-2-14-16(18)10-31(25(14)35)17-6-7-19(32)29-24(17)34/h1-5,17,23H,6-12,26-28H2,(H,29,32,34). The molecule has 0 aliphatic carbocycles. The molecule has 2 unspecified atom stereocenters. The molecule has 3 heterocycles. The lowest BCUT2D eigenvalue weighted by molar-refractivity contribution is -0.143. The summed E-state index contributed by atoms with van der Waals surface area (Å²) in [6.45, 7) is 1.83. The monoisotopic (exact) mass is 499 g/mol. The minimum Gasteiger partial charge on any atom is -0.489 e. The second-order valence-corrected chi connectivity index (χ2v) is 9.85. The molecule has 5 rings (SSSR count). The number of carbonyl (C=O) groups excluding carboxylic acids is 4. The van der Waals surface area contributed by atoms with Crippen LogP contribution >= 0.6 is 0 Å². The number of morpholine rings is 1. The number of nitrogens with one attached hydrogen (secondary N) is 1. The Morgan fingerprint density at radius 1 is 1.11 bits per heavy atom. The summed E-state index contributed by atoms with van der Waals surface area (Å²) in [5.41, 5.74) is 5.61. The smallest absolute Gasteiger partial charge is 0.255 e. The lowest BCUT2D eigenvalue weighted by Crippen LogP contribution is -2.52. The zero-order valence-corrected chi connectivity index (χ0v) is 21.3. The van der Waals surface area contributed by atoms with Crippen molar-refractivity contribution in [2.24, 2.45) is 0 Å². The van der Waals surface area contributed by atoms with Crippen molar-refractivity contribution in [2.45, 2.75) is 38.0 Å². The lowest BCUT2D eigenvalue weighted by atomic mass is 9.70. The van der Waals surface area contributed by atoms with Gasteiger partial charge in [-0.15, -0.1) is 0 Å². The Bertz CT molecular complexity index is 1300. The van der Waals surface area contributed by atoms with Gasteiger partial charge in [0.15, 0.2) is 0 Å². The Labute approximate surface area is 218 Å². The molecule has 2 fully saturated rings. The van der Waals surface area contributed by atoms with Crippen molar-refractivity contribution < 1.29 is 28.7 Å². The van der Waals surface area contributed by atoms with Crippen molar-refractivity contribution in [3.63, 3.8) is 0 Å². The third-order valence-electron chi connectivity index (χ3n) is 7.80. The summed E-state index contributed by atoms with van der Waals surface area (Å²) in [7, 11) is 6.15. The maximum absolute atomic E-state index is 13.1. The Balaban J connectivity index is 1.31. The first-order valence-electron chi connectivity index (χ1n) is 12.6. The highest BCUT2D eigenvalue weighted by atomic mass is 16.5. The third-order valence-corrected chi connectivity index (χ3v) is 7.80. The number of benzene rings is 2. The summed E-state index contributed by atoms with van der Waals surface area (Å²) < 4.78 is 11.5. The van der Waals surface area contributed by atoms with Crippen LogP contribution in [0.3, 0.4) is 0 Å². The second-order valence-electron chi connectivity index (χ2n) is 9.85. The van der Waals surface area contributed by atoms with Gasteiger partial charge in [0.2, 0.25) is 17.7 Å². The quantitative estimate of drug-likeness (QED) is 0.337. The van der Waals surface area contributed by atoms with E-state index in [-0.39, 0.29) is 43.2 Å². The van der Waals surface area contributed by atoms with E-state index in [0.29, 0.717) is 37.5 Å². The number of hydrogen-bond acceptors (Lipinski definition) is 6. The first-order chi connectivity index (χ1) is 17.8. The van der Waals surface area contributed by atoms with Crippen LogP contribution in [0.4, 0.5) is 0 Å². The zero-order valence-electron chi connectivity index (χ0n) is 21.3. The fourth-order valence-electron chi connectivity index (χ4n) is 5.46. The molecule has 0 saturated carbocycles. The molecular formula is C25H28B3N3O6. The van der Waals surface area contributed by atoms with Gasteiger partial charge in [-0.1, -0.05) is 29.1 Å². The molecule has 2 aromatic rings. The van der Waals surface area contributed by atoms with E-state index in [9.17, 15) is 19.2 Å². The first kappa shape index (κ1) is 25.1. The van der Waals surface area contributed by atoms with Crippen molar-refractivity contribution in [1.29, 1.82) is 0 Å². The first-order valence-corrected chi connectivity index (χ1v) is 12.6. The van der Waals surface area contributed by atoms with Crippen LogP contribution < -0.4 is 21.0 Å². The maximum atomic E-state index is 13.1. The van der Waals surface area contributed by atoms with Gasteiger partial charge in [0.1, 0.15) is 48.5 Å². The van der Waals surface area contributed by atoms with Crippen LogP contribution in [-0.2, 0) is 32.3 Å². The molecule has 2 saturated heterocycles. The second kappa shape index (κ2) is 10.1. The number of nitrogens with zero attached hydrogens (tertiary/aromatic N) is 2. The average molecular weight is 499 g/mol. The van der Waals surface area contributed by atoms with Gasteiger partial charge in [0.05, 0.1) is 13.2 Å². The number of imide groups is 1. The minimum atomic E-state index is -0.664. The molecule has 3 aliphatic heterocycles. The van der Waals surface area contributed by atoms with Gasteiger partial charge in [0, 0.05) is 30.0 Å². The van der Waals surface area contributed by atoms with Crippen LogP contribution in [0.2, 0.25) is 0 Å². The van der Waals surface area contributed by atoms with Crippen LogP contribution in [0.15, 0.2) is 30.3 Å². The molecule has 37 heavy (non-hydrogen) atoms. The summed E-state index contributed by atoms with van der Waals surface area (Å²) in [6, 6.07) is 8.78. The molecular weight excluding hydrogens is 471 g/mol. The molecule has 2 aromatic carbocycles. The SMILES string of the molecule is Bc1c(COc2cccc3c2CN(C2CCC(=O)NC2=O)C3=O)ccc(C(B)N2CCOCC2=O)c1B. The van der Waals surface area contributed by atoms with Gasteiger partial charge in [-0.05, 0) is 29.7 Å². The Hall–Kier alpha value is -3.53. The van der Waals surface area contributed by atoms with E-state index in [1.807, 2.05) is 24.9 Å². The van der Waals surface area contributed by atoms with Crippen LogP contribution in [0.5, 0.6) is 5.75 Å². The summed E-state index contributed by atoms with van der Waals surface area (Å²) in [4.78, 5) is 52.7. The highest BCUT2D eigenvalue weighted by Gasteiger charge is 2.40. The number of piperidine rings is 1. The number of amides is 4. The average Bonchev–Trinajstić information content (AvgIpc) is 3.21. The highest BCUT2D eigenvalue weighted by Crippen LogP contribution is 2.34. The van der Waals surface area contributed by atoms with Crippen molar-refractivity contribution in [3.05, 3.63) is 52.6 Å². The molecule has 188 valence electrons. The molecule has 2 atom stereocenters. The molecule has 0 bridgehead atoms. The van der Waals surface area contributed by atoms with Gasteiger partial charge in [-0.3, -0.25) is 24.5 Å². The molecule has 3 aliphatic rings. The van der Waals surface area contributed by atoms with Crippen molar-refractivity contribution in [2.75, 3.05) is 19.8 Å². The van der Waals surface area contributed by atoms with Crippen molar-refractivity contribution in [3.8, 4) is 5.75 Å². The summed E-state index contributed by atoms with van der Waals surface area (Å²) >= 11 is 0. The van der Waals surface area contributed by atoms with Crippen molar-refractivity contribution in [1.82, 2.24) is 15.1 Å². The number of fused-ring (bicyclic) bond motifs is 1. The minimum absolute atomic E-state index is 0.00189. The highest BCUT2D eigenvalue weighted by molar-refractivity contribution is 6.50. The zero-order chi connectivity index (χ0) is 26.3. The van der Waals surface area contributed by atoms with Crippen molar-refractivity contribution >= 4 is 58.1 Å². The number of carbonyl (C=O) groups is 4. The number of rotatable bonds is 6. The Morgan fingerprint density at radius 2 is 1.92 bits per heavy atom. The normalized spacial score (nSPS) is 20.6. The molecule has 12 heteroatoms. The van der Waals surface area contributed by atoms with Crippen LogP contribution in [0, 0.1) is 0 Å². The van der Waals surface area contributed by atoms with E-state index >= 15 is 0 Å². The fraction of sp³-hybridized carbons (Fsp3) is 0.360. The van der Waals surface area contributed by atoms with E-state index in [1.54, 1.807) is 12.1 Å². The molecule has 1 N–H and O–H groups in total. The summed E-state index contributed by atoms with van der Waals surface area (Å²) in [5.74, 6) is -0.406. The predicted molar refractivity (Wildman–Crippen MR) is 143 cm³/mol. The molecule has 9 nitrogen and oxygen atoms in total.